The Kier molecular flexibility index (Phi) is 7.74. The minimum atomic E-state index is -0.122. The Morgan fingerprint density at radius 3 is 2.33 bits per heavy atom. The van der Waals surface area contributed by atoms with E-state index in [9.17, 15) is 9.59 Å². The summed E-state index contributed by atoms with van der Waals surface area (Å²) in [4.78, 5) is 22.5. The molecule has 0 aliphatic heterocycles. The van der Waals surface area contributed by atoms with Crippen molar-refractivity contribution in [3.05, 3.63) is 35.4 Å². The van der Waals surface area contributed by atoms with E-state index in [1.807, 2.05) is 12.1 Å². The summed E-state index contributed by atoms with van der Waals surface area (Å²) >= 11 is 0. The van der Waals surface area contributed by atoms with Gasteiger partial charge in [-0.25, -0.2) is 0 Å². The van der Waals surface area contributed by atoms with E-state index < -0.39 is 0 Å². The maximum absolute atomic E-state index is 11.3. The highest BCUT2D eigenvalue weighted by molar-refractivity contribution is 5.93. The maximum Gasteiger partial charge on any atom is 0.251 e. The monoisotopic (exact) mass is 271 g/mol. The van der Waals surface area contributed by atoms with Gasteiger partial charge in [0.25, 0.3) is 5.91 Å². The Morgan fingerprint density at radius 1 is 1.22 bits per heavy atom. The summed E-state index contributed by atoms with van der Waals surface area (Å²) in [7, 11) is 1.59. The molecular formula is C12H18ClN3O2. The second-order valence-corrected chi connectivity index (χ2v) is 3.59. The molecular weight excluding hydrogens is 254 g/mol. The number of amides is 2. The molecule has 0 saturated carbocycles. The molecule has 1 aromatic rings. The van der Waals surface area contributed by atoms with Gasteiger partial charge >= 0.3 is 0 Å². The van der Waals surface area contributed by atoms with Crippen molar-refractivity contribution in [1.29, 1.82) is 0 Å². The van der Waals surface area contributed by atoms with E-state index in [-0.39, 0.29) is 24.2 Å². The van der Waals surface area contributed by atoms with Crippen LogP contribution in [0.15, 0.2) is 24.3 Å². The lowest BCUT2D eigenvalue weighted by Crippen LogP contribution is -2.25. The van der Waals surface area contributed by atoms with E-state index in [0.717, 1.165) is 5.56 Å². The van der Waals surface area contributed by atoms with Gasteiger partial charge in [-0.3, -0.25) is 9.59 Å². The van der Waals surface area contributed by atoms with Crippen molar-refractivity contribution in [2.75, 3.05) is 13.6 Å². The van der Waals surface area contributed by atoms with Crippen LogP contribution in [-0.4, -0.2) is 25.4 Å². The number of hydrogen-bond acceptors (Lipinski definition) is 3. The standard InChI is InChI=1S/C12H17N3O2.ClH/c1-14-12(17)10-4-2-9(3-5-10)8-15-11(16)6-7-13;/h2-5H,6-8,13H2,1H3,(H,14,17)(H,15,16);1H. The van der Waals surface area contributed by atoms with Crippen LogP contribution in [0.4, 0.5) is 0 Å². The second kappa shape index (κ2) is 8.49. The number of hydrogen-bond donors (Lipinski definition) is 3. The first-order valence-corrected chi connectivity index (χ1v) is 5.45. The fraction of sp³-hybridized carbons (Fsp3) is 0.333. The molecule has 1 aromatic carbocycles. The zero-order chi connectivity index (χ0) is 12.7. The third kappa shape index (κ3) is 5.16. The third-order valence-electron chi connectivity index (χ3n) is 2.30. The molecule has 2 amide bonds. The van der Waals surface area contributed by atoms with E-state index in [0.29, 0.717) is 25.1 Å². The molecule has 100 valence electrons. The van der Waals surface area contributed by atoms with Crippen molar-refractivity contribution in [1.82, 2.24) is 10.6 Å². The summed E-state index contributed by atoms with van der Waals surface area (Å²) in [6, 6.07) is 7.08. The fourth-order valence-electron chi connectivity index (χ4n) is 1.34. The molecule has 18 heavy (non-hydrogen) atoms. The normalized spacial score (nSPS) is 9.22. The molecule has 6 heteroatoms. The van der Waals surface area contributed by atoms with Crippen LogP contribution in [0.25, 0.3) is 0 Å². The third-order valence-corrected chi connectivity index (χ3v) is 2.30. The summed E-state index contributed by atoms with van der Waals surface area (Å²) in [6.07, 6.45) is 0.330. The number of nitrogens with two attached hydrogens (primary N) is 1. The number of nitrogens with one attached hydrogen (secondary N) is 2. The van der Waals surface area contributed by atoms with Gasteiger partial charge in [-0.1, -0.05) is 12.1 Å². The molecule has 0 atom stereocenters. The van der Waals surface area contributed by atoms with E-state index >= 15 is 0 Å². The van der Waals surface area contributed by atoms with Crippen molar-refractivity contribution in [2.24, 2.45) is 5.73 Å². The van der Waals surface area contributed by atoms with Crippen LogP contribution in [0, 0.1) is 0 Å². The predicted octanol–water partition coefficient (Wildman–Crippen LogP) is 0.433. The van der Waals surface area contributed by atoms with Crippen molar-refractivity contribution in [3.8, 4) is 0 Å². The Morgan fingerprint density at radius 2 is 1.83 bits per heavy atom. The highest BCUT2D eigenvalue weighted by Gasteiger charge is 2.03. The molecule has 0 aliphatic carbocycles. The second-order valence-electron chi connectivity index (χ2n) is 3.59. The molecule has 0 unspecified atom stereocenters. The first kappa shape index (κ1) is 16.4. The predicted molar refractivity (Wildman–Crippen MR) is 72.6 cm³/mol. The molecule has 0 radical (unpaired) electrons. The Labute approximate surface area is 113 Å². The lowest BCUT2D eigenvalue weighted by molar-refractivity contribution is -0.121. The van der Waals surface area contributed by atoms with Crippen molar-refractivity contribution in [2.45, 2.75) is 13.0 Å². The van der Waals surface area contributed by atoms with Crippen LogP contribution in [0.5, 0.6) is 0 Å². The summed E-state index contributed by atoms with van der Waals surface area (Å²) in [5.41, 5.74) is 6.81. The Bertz CT molecular complexity index is 393. The van der Waals surface area contributed by atoms with Gasteiger partial charge in [0.1, 0.15) is 0 Å². The summed E-state index contributed by atoms with van der Waals surface area (Å²) in [5, 5.41) is 5.29. The number of halogens is 1. The molecule has 0 aliphatic rings. The van der Waals surface area contributed by atoms with E-state index in [4.69, 9.17) is 5.73 Å². The first-order chi connectivity index (χ1) is 8.17. The Hall–Kier alpha value is -1.59. The van der Waals surface area contributed by atoms with Gasteiger partial charge in [0.15, 0.2) is 0 Å². The molecule has 5 nitrogen and oxygen atoms in total. The summed E-state index contributed by atoms with van der Waals surface area (Å²) in [5.74, 6) is -0.188. The zero-order valence-corrected chi connectivity index (χ0v) is 11.0. The molecule has 0 bridgehead atoms. The number of rotatable bonds is 5. The maximum atomic E-state index is 11.3. The van der Waals surface area contributed by atoms with Crippen molar-refractivity contribution in [3.63, 3.8) is 0 Å². The molecule has 0 fully saturated rings. The van der Waals surface area contributed by atoms with Gasteiger partial charge in [0.05, 0.1) is 0 Å². The van der Waals surface area contributed by atoms with Gasteiger partial charge in [-0.15, -0.1) is 12.4 Å². The highest BCUT2D eigenvalue weighted by atomic mass is 35.5. The topological polar surface area (TPSA) is 84.2 Å². The van der Waals surface area contributed by atoms with Gasteiger partial charge in [-0.05, 0) is 17.7 Å². The lowest BCUT2D eigenvalue weighted by Gasteiger charge is -2.05. The summed E-state index contributed by atoms with van der Waals surface area (Å²) < 4.78 is 0. The number of benzene rings is 1. The van der Waals surface area contributed by atoms with E-state index in [1.54, 1.807) is 19.2 Å². The minimum Gasteiger partial charge on any atom is -0.355 e. The van der Waals surface area contributed by atoms with Crippen LogP contribution >= 0.6 is 12.4 Å². The van der Waals surface area contributed by atoms with Crippen LogP contribution in [-0.2, 0) is 11.3 Å². The fourth-order valence-corrected chi connectivity index (χ4v) is 1.34. The minimum absolute atomic E-state index is 0. The van der Waals surface area contributed by atoms with Gasteiger partial charge in [0.2, 0.25) is 5.91 Å². The lowest BCUT2D eigenvalue weighted by atomic mass is 10.1. The molecule has 0 spiro atoms. The molecule has 0 aromatic heterocycles. The average molecular weight is 272 g/mol. The van der Waals surface area contributed by atoms with Gasteiger partial charge < -0.3 is 16.4 Å². The summed E-state index contributed by atoms with van der Waals surface area (Å²) in [6.45, 7) is 0.800. The Balaban J connectivity index is 0.00000289. The van der Waals surface area contributed by atoms with Crippen molar-refractivity contribution < 1.29 is 9.59 Å². The smallest absolute Gasteiger partial charge is 0.251 e. The van der Waals surface area contributed by atoms with Gasteiger partial charge in [0, 0.05) is 32.1 Å². The van der Waals surface area contributed by atoms with Crippen molar-refractivity contribution >= 4 is 24.2 Å². The number of carbonyl (C=O) groups excluding carboxylic acids is 2. The van der Waals surface area contributed by atoms with E-state index in [1.165, 1.54) is 0 Å². The molecule has 4 N–H and O–H groups in total. The SMILES string of the molecule is CNC(=O)c1ccc(CNC(=O)CCN)cc1.Cl. The first-order valence-electron chi connectivity index (χ1n) is 5.45. The largest absolute Gasteiger partial charge is 0.355 e. The quantitative estimate of drug-likeness (QED) is 0.726. The zero-order valence-electron chi connectivity index (χ0n) is 10.2. The van der Waals surface area contributed by atoms with Crippen LogP contribution in [0.1, 0.15) is 22.3 Å². The molecule has 0 heterocycles. The van der Waals surface area contributed by atoms with Crippen LogP contribution < -0.4 is 16.4 Å². The number of carbonyl (C=O) groups is 2. The molecule has 0 saturated heterocycles. The average Bonchev–Trinajstić information content (AvgIpc) is 2.36. The van der Waals surface area contributed by atoms with Gasteiger partial charge in [-0.2, -0.15) is 0 Å². The van der Waals surface area contributed by atoms with Crippen LogP contribution in [0.3, 0.4) is 0 Å². The van der Waals surface area contributed by atoms with Crippen LogP contribution in [0.2, 0.25) is 0 Å². The van der Waals surface area contributed by atoms with E-state index in [2.05, 4.69) is 10.6 Å². The molecule has 1 rings (SSSR count). The highest BCUT2D eigenvalue weighted by Crippen LogP contribution is 2.04.